The SMILES string of the molecule is [Ir].[c-]1cccc2ccn3c(nc4oc5ccccc5c43)c12. The topological polar surface area (TPSA) is 30.4 Å². The van der Waals surface area contributed by atoms with Crippen LogP contribution in [0.2, 0.25) is 0 Å². The van der Waals surface area contributed by atoms with Crippen molar-refractivity contribution >= 4 is 38.6 Å². The van der Waals surface area contributed by atoms with Crippen LogP contribution in [0.3, 0.4) is 0 Å². The first kappa shape index (κ1) is 12.6. The summed E-state index contributed by atoms with van der Waals surface area (Å²) in [5, 5.41) is 3.24. The summed E-state index contributed by atoms with van der Waals surface area (Å²) in [6.07, 6.45) is 2.04. The van der Waals surface area contributed by atoms with Gasteiger partial charge in [-0.3, -0.25) is 0 Å². The molecule has 21 heavy (non-hydrogen) atoms. The first-order chi connectivity index (χ1) is 9.92. The molecule has 3 heterocycles. The number of hydrogen-bond acceptors (Lipinski definition) is 2. The summed E-state index contributed by atoms with van der Waals surface area (Å²) in [7, 11) is 0. The molecule has 0 fully saturated rings. The summed E-state index contributed by atoms with van der Waals surface area (Å²) >= 11 is 0. The minimum atomic E-state index is 0. The molecule has 0 atom stereocenters. The second-order valence-corrected chi connectivity index (χ2v) is 4.87. The van der Waals surface area contributed by atoms with Crippen molar-refractivity contribution in [1.82, 2.24) is 9.38 Å². The molecule has 0 spiro atoms. The third-order valence-electron chi connectivity index (χ3n) is 3.74. The number of pyridine rings is 1. The molecular formula is C17H9IrN2O-. The van der Waals surface area contributed by atoms with Gasteiger partial charge in [0.15, 0.2) is 0 Å². The Hall–Kier alpha value is -2.16. The van der Waals surface area contributed by atoms with Crippen molar-refractivity contribution in [3.05, 3.63) is 60.8 Å². The van der Waals surface area contributed by atoms with Crippen LogP contribution < -0.4 is 0 Å². The van der Waals surface area contributed by atoms with Gasteiger partial charge in [-0.1, -0.05) is 18.2 Å². The number of furan rings is 1. The van der Waals surface area contributed by atoms with Crippen LogP contribution in [0.15, 0.2) is 59.1 Å². The zero-order chi connectivity index (χ0) is 13.1. The molecule has 0 aliphatic rings. The molecule has 2 aromatic carbocycles. The Kier molecular flexibility index (Phi) is 2.64. The third-order valence-corrected chi connectivity index (χ3v) is 3.74. The Morgan fingerprint density at radius 3 is 2.90 bits per heavy atom. The molecule has 0 aliphatic heterocycles. The second kappa shape index (κ2) is 4.42. The maximum atomic E-state index is 5.84. The second-order valence-electron chi connectivity index (χ2n) is 4.87. The van der Waals surface area contributed by atoms with E-state index in [1.165, 1.54) is 0 Å². The fraction of sp³-hybridized carbons (Fsp3) is 0. The van der Waals surface area contributed by atoms with Crippen LogP contribution in [0, 0.1) is 6.07 Å². The molecule has 103 valence electrons. The monoisotopic (exact) mass is 450 g/mol. The number of fused-ring (bicyclic) bond motifs is 7. The number of imidazole rings is 1. The predicted molar refractivity (Wildman–Crippen MR) is 78.8 cm³/mol. The van der Waals surface area contributed by atoms with Crippen LogP contribution in [0.25, 0.3) is 38.6 Å². The van der Waals surface area contributed by atoms with Crippen molar-refractivity contribution in [2.24, 2.45) is 0 Å². The van der Waals surface area contributed by atoms with Gasteiger partial charge in [0, 0.05) is 25.5 Å². The minimum Gasteiger partial charge on any atom is -0.437 e. The van der Waals surface area contributed by atoms with E-state index in [1.54, 1.807) is 0 Å². The molecule has 4 heteroatoms. The maximum Gasteiger partial charge on any atom is 0.236 e. The molecule has 0 amide bonds. The van der Waals surface area contributed by atoms with Crippen molar-refractivity contribution < 1.29 is 24.5 Å². The number of rotatable bonds is 0. The van der Waals surface area contributed by atoms with E-state index in [0.717, 1.165) is 32.9 Å². The van der Waals surface area contributed by atoms with Gasteiger partial charge < -0.3 is 8.82 Å². The molecule has 0 saturated carbocycles. The Labute approximate surface area is 133 Å². The molecule has 0 saturated heterocycles. The van der Waals surface area contributed by atoms with Crippen molar-refractivity contribution in [1.29, 1.82) is 0 Å². The molecule has 5 rings (SSSR count). The normalized spacial score (nSPS) is 11.4. The molecule has 3 aromatic heterocycles. The summed E-state index contributed by atoms with van der Waals surface area (Å²) in [5.41, 5.74) is 3.46. The van der Waals surface area contributed by atoms with E-state index < -0.39 is 0 Å². The van der Waals surface area contributed by atoms with Gasteiger partial charge in [0.2, 0.25) is 5.71 Å². The fourth-order valence-corrected chi connectivity index (χ4v) is 2.84. The Balaban J connectivity index is 0.00000115. The Morgan fingerprint density at radius 1 is 1.05 bits per heavy atom. The van der Waals surface area contributed by atoms with Crippen LogP contribution in [-0.2, 0) is 20.1 Å². The zero-order valence-electron chi connectivity index (χ0n) is 10.8. The average Bonchev–Trinajstić information content (AvgIpc) is 3.02. The average molecular weight is 449 g/mol. The maximum absolute atomic E-state index is 5.84. The smallest absolute Gasteiger partial charge is 0.236 e. The van der Waals surface area contributed by atoms with Crippen LogP contribution in [0.4, 0.5) is 0 Å². The molecule has 0 bridgehead atoms. The van der Waals surface area contributed by atoms with Crippen molar-refractivity contribution in [3.8, 4) is 0 Å². The summed E-state index contributed by atoms with van der Waals surface area (Å²) in [4.78, 5) is 4.65. The zero-order valence-corrected chi connectivity index (χ0v) is 13.2. The standard InChI is InChI=1S/C17H9N2O.Ir/c1-2-6-12-11(5-1)9-10-19-15-13-7-3-4-8-14(13)20-17(15)18-16(12)19;/h1-5,7-10H;/q-1;. The number of aromatic nitrogens is 2. The molecule has 3 nitrogen and oxygen atoms in total. The van der Waals surface area contributed by atoms with E-state index in [1.807, 2.05) is 36.5 Å². The van der Waals surface area contributed by atoms with Gasteiger partial charge in [-0.2, -0.15) is 0 Å². The number of nitrogens with zero attached hydrogens (tertiary/aromatic N) is 2. The minimum absolute atomic E-state index is 0. The van der Waals surface area contributed by atoms with Crippen LogP contribution in [0.5, 0.6) is 0 Å². The van der Waals surface area contributed by atoms with E-state index in [9.17, 15) is 0 Å². The first-order valence-corrected chi connectivity index (χ1v) is 6.50. The van der Waals surface area contributed by atoms with Crippen LogP contribution >= 0.6 is 0 Å². The van der Waals surface area contributed by atoms with E-state index >= 15 is 0 Å². The van der Waals surface area contributed by atoms with E-state index in [2.05, 4.69) is 33.7 Å². The Bertz CT molecular complexity index is 1080. The third kappa shape index (κ3) is 1.60. The predicted octanol–water partition coefficient (Wildman–Crippen LogP) is 4.18. The van der Waals surface area contributed by atoms with E-state index in [-0.39, 0.29) is 20.1 Å². The summed E-state index contributed by atoms with van der Waals surface area (Å²) in [6, 6.07) is 19.3. The number of para-hydroxylation sites is 1. The van der Waals surface area contributed by atoms with Crippen molar-refractivity contribution in [3.63, 3.8) is 0 Å². The van der Waals surface area contributed by atoms with Gasteiger partial charge in [-0.05, 0) is 18.3 Å². The first-order valence-electron chi connectivity index (χ1n) is 6.50. The van der Waals surface area contributed by atoms with Crippen LogP contribution in [-0.4, -0.2) is 9.38 Å². The van der Waals surface area contributed by atoms with Gasteiger partial charge in [0.25, 0.3) is 0 Å². The largest absolute Gasteiger partial charge is 0.437 e. The molecular weight excluding hydrogens is 440 g/mol. The summed E-state index contributed by atoms with van der Waals surface area (Å²) in [6.45, 7) is 0. The van der Waals surface area contributed by atoms with E-state index in [4.69, 9.17) is 4.42 Å². The summed E-state index contributed by atoms with van der Waals surface area (Å²) in [5.74, 6) is 0. The molecule has 0 unspecified atom stereocenters. The number of benzene rings is 2. The molecule has 5 aromatic rings. The quantitative estimate of drug-likeness (QED) is 0.332. The van der Waals surface area contributed by atoms with Crippen molar-refractivity contribution in [2.75, 3.05) is 0 Å². The van der Waals surface area contributed by atoms with E-state index in [0.29, 0.717) is 5.71 Å². The van der Waals surface area contributed by atoms with Crippen LogP contribution in [0.1, 0.15) is 0 Å². The van der Waals surface area contributed by atoms with Gasteiger partial charge in [0.05, 0.1) is 5.65 Å². The number of hydrogen-bond donors (Lipinski definition) is 0. The van der Waals surface area contributed by atoms with Gasteiger partial charge in [-0.15, -0.1) is 35.0 Å². The molecule has 1 radical (unpaired) electrons. The fourth-order valence-electron chi connectivity index (χ4n) is 2.84. The van der Waals surface area contributed by atoms with Gasteiger partial charge in [0.1, 0.15) is 11.1 Å². The molecule has 0 aliphatic carbocycles. The van der Waals surface area contributed by atoms with Gasteiger partial charge in [-0.25, -0.2) is 4.98 Å². The summed E-state index contributed by atoms with van der Waals surface area (Å²) < 4.78 is 7.92. The van der Waals surface area contributed by atoms with Gasteiger partial charge >= 0.3 is 0 Å². The molecule has 0 N–H and O–H groups in total. The Morgan fingerprint density at radius 2 is 1.95 bits per heavy atom. The van der Waals surface area contributed by atoms with Crippen molar-refractivity contribution in [2.45, 2.75) is 0 Å².